The Morgan fingerprint density at radius 3 is 3.00 bits per heavy atom. The Morgan fingerprint density at radius 2 is 2.10 bits per heavy atom. The van der Waals surface area contributed by atoms with E-state index in [1.807, 2.05) is 0 Å². The molecule has 3 aliphatic rings. The molecule has 3 heteroatoms. The Kier molecular flexibility index (Phi) is 3.64. The van der Waals surface area contributed by atoms with Crippen LogP contribution in [0, 0.1) is 5.41 Å². The summed E-state index contributed by atoms with van der Waals surface area (Å²) in [5, 5.41) is 3.50. The molecule has 0 bridgehead atoms. The molecular formula is C18H26N2O. The minimum absolute atomic E-state index is 0.636. The van der Waals surface area contributed by atoms with Gasteiger partial charge in [0.05, 0.1) is 6.61 Å². The van der Waals surface area contributed by atoms with Crippen molar-refractivity contribution in [1.82, 2.24) is 10.2 Å². The number of hydrogen-bond donors (Lipinski definition) is 1. The van der Waals surface area contributed by atoms with Crippen LogP contribution in [0.2, 0.25) is 0 Å². The van der Waals surface area contributed by atoms with Crippen LogP contribution in [0.3, 0.4) is 0 Å². The summed E-state index contributed by atoms with van der Waals surface area (Å²) in [5.74, 6) is 1.11. The zero-order valence-corrected chi connectivity index (χ0v) is 12.9. The van der Waals surface area contributed by atoms with Gasteiger partial charge in [0.2, 0.25) is 0 Å². The fourth-order valence-corrected chi connectivity index (χ4v) is 4.27. The first kappa shape index (κ1) is 13.6. The van der Waals surface area contributed by atoms with Crippen LogP contribution in [0.4, 0.5) is 0 Å². The molecular weight excluding hydrogens is 260 g/mol. The number of hydrogen-bond acceptors (Lipinski definition) is 3. The van der Waals surface area contributed by atoms with Crippen LogP contribution in [0.15, 0.2) is 18.2 Å². The van der Waals surface area contributed by atoms with E-state index in [1.54, 1.807) is 0 Å². The highest BCUT2D eigenvalue weighted by molar-refractivity contribution is 5.39. The van der Waals surface area contributed by atoms with Crippen molar-refractivity contribution in [2.75, 3.05) is 39.3 Å². The van der Waals surface area contributed by atoms with Gasteiger partial charge in [-0.25, -0.2) is 0 Å². The quantitative estimate of drug-likeness (QED) is 0.922. The largest absolute Gasteiger partial charge is 0.493 e. The molecule has 2 fully saturated rings. The third-order valence-corrected chi connectivity index (χ3v) is 5.65. The Bertz CT molecular complexity index is 508. The first-order chi connectivity index (χ1) is 10.3. The average molecular weight is 286 g/mol. The van der Waals surface area contributed by atoms with Gasteiger partial charge in [-0.05, 0) is 67.9 Å². The van der Waals surface area contributed by atoms with Crippen molar-refractivity contribution in [3.05, 3.63) is 29.3 Å². The van der Waals surface area contributed by atoms with E-state index >= 15 is 0 Å². The minimum Gasteiger partial charge on any atom is -0.493 e. The fourth-order valence-electron chi connectivity index (χ4n) is 4.27. The number of rotatable bonds is 3. The van der Waals surface area contributed by atoms with Gasteiger partial charge in [0.15, 0.2) is 0 Å². The SMILES string of the molecule is c1cc2c(cc1CCN1CCC3(CCNCC3)C1)CCO2. The maximum Gasteiger partial charge on any atom is 0.122 e. The van der Waals surface area contributed by atoms with Gasteiger partial charge >= 0.3 is 0 Å². The van der Waals surface area contributed by atoms with Crippen molar-refractivity contribution < 1.29 is 4.74 Å². The van der Waals surface area contributed by atoms with Crippen molar-refractivity contribution in [1.29, 1.82) is 0 Å². The van der Waals surface area contributed by atoms with Crippen LogP contribution in [0.25, 0.3) is 0 Å². The molecule has 0 aliphatic carbocycles. The van der Waals surface area contributed by atoms with Gasteiger partial charge in [0.25, 0.3) is 0 Å². The first-order valence-electron chi connectivity index (χ1n) is 8.51. The third kappa shape index (κ3) is 2.82. The van der Waals surface area contributed by atoms with Crippen LogP contribution >= 0.6 is 0 Å². The number of nitrogens with one attached hydrogen (secondary N) is 1. The van der Waals surface area contributed by atoms with Crippen molar-refractivity contribution in [2.24, 2.45) is 5.41 Å². The van der Waals surface area contributed by atoms with E-state index in [0.717, 1.165) is 18.8 Å². The monoisotopic (exact) mass is 286 g/mol. The predicted molar refractivity (Wildman–Crippen MR) is 84.9 cm³/mol. The van der Waals surface area contributed by atoms with Gasteiger partial charge < -0.3 is 15.0 Å². The molecule has 114 valence electrons. The molecule has 3 aliphatic heterocycles. The number of benzene rings is 1. The molecule has 0 unspecified atom stereocenters. The van der Waals surface area contributed by atoms with Crippen molar-refractivity contribution in [3.63, 3.8) is 0 Å². The average Bonchev–Trinajstić information content (AvgIpc) is 3.13. The molecule has 1 spiro atoms. The van der Waals surface area contributed by atoms with Crippen LogP contribution in [-0.2, 0) is 12.8 Å². The normalized spacial score (nSPS) is 24.2. The smallest absolute Gasteiger partial charge is 0.122 e. The van der Waals surface area contributed by atoms with E-state index in [2.05, 4.69) is 28.4 Å². The second-order valence-corrected chi connectivity index (χ2v) is 7.07. The fraction of sp³-hybridized carbons (Fsp3) is 0.667. The van der Waals surface area contributed by atoms with Gasteiger partial charge in [0.1, 0.15) is 5.75 Å². The van der Waals surface area contributed by atoms with Crippen LogP contribution in [-0.4, -0.2) is 44.2 Å². The molecule has 0 aromatic heterocycles. The van der Waals surface area contributed by atoms with Crippen LogP contribution in [0.5, 0.6) is 5.75 Å². The molecule has 0 amide bonds. The van der Waals surface area contributed by atoms with Crippen molar-refractivity contribution >= 4 is 0 Å². The highest BCUT2D eigenvalue weighted by atomic mass is 16.5. The Labute approximate surface area is 127 Å². The number of likely N-dealkylation sites (tertiary alicyclic amines) is 1. The van der Waals surface area contributed by atoms with Crippen LogP contribution in [0.1, 0.15) is 30.4 Å². The molecule has 1 aromatic rings. The lowest BCUT2D eigenvalue weighted by Gasteiger charge is -2.33. The van der Waals surface area contributed by atoms with Gasteiger partial charge in [-0.15, -0.1) is 0 Å². The summed E-state index contributed by atoms with van der Waals surface area (Å²) in [6, 6.07) is 6.77. The van der Waals surface area contributed by atoms with E-state index in [1.165, 1.54) is 69.5 Å². The first-order valence-corrected chi connectivity index (χ1v) is 8.51. The molecule has 2 saturated heterocycles. The molecule has 0 radical (unpaired) electrons. The zero-order valence-electron chi connectivity index (χ0n) is 12.9. The summed E-state index contributed by atoms with van der Waals surface area (Å²) in [5.41, 5.74) is 3.52. The maximum absolute atomic E-state index is 5.59. The molecule has 0 atom stereocenters. The van der Waals surface area contributed by atoms with E-state index < -0.39 is 0 Å². The topological polar surface area (TPSA) is 24.5 Å². The summed E-state index contributed by atoms with van der Waals surface area (Å²) < 4.78 is 5.59. The minimum atomic E-state index is 0.636. The second kappa shape index (κ2) is 5.62. The van der Waals surface area contributed by atoms with Crippen LogP contribution < -0.4 is 10.1 Å². The Morgan fingerprint density at radius 1 is 1.19 bits per heavy atom. The van der Waals surface area contributed by atoms with Gasteiger partial charge in [-0.1, -0.05) is 12.1 Å². The zero-order chi connectivity index (χ0) is 14.1. The molecule has 21 heavy (non-hydrogen) atoms. The lowest BCUT2D eigenvalue weighted by Crippen LogP contribution is -2.38. The number of nitrogens with zero attached hydrogens (tertiary/aromatic N) is 1. The summed E-state index contributed by atoms with van der Waals surface area (Å²) in [6.45, 7) is 7.14. The Hall–Kier alpha value is -1.06. The summed E-state index contributed by atoms with van der Waals surface area (Å²) in [7, 11) is 0. The van der Waals surface area contributed by atoms with Gasteiger partial charge in [-0.3, -0.25) is 0 Å². The molecule has 4 rings (SSSR count). The summed E-state index contributed by atoms with van der Waals surface area (Å²) in [6.07, 6.45) is 6.43. The molecule has 3 heterocycles. The Balaban J connectivity index is 1.33. The third-order valence-electron chi connectivity index (χ3n) is 5.65. The molecule has 0 saturated carbocycles. The molecule has 1 aromatic carbocycles. The van der Waals surface area contributed by atoms with Crippen molar-refractivity contribution in [3.8, 4) is 5.75 Å². The van der Waals surface area contributed by atoms with Crippen molar-refractivity contribution in [2.45, 2.75) is 32.1 Å². The molecule has 1 N–H and O–H groups in total. The highest BCUT2D eigenvalue weighted by Crippen LogP contribution is 2.38. The lowest BCUT2D eigenvalue weighted by molar-refractivity contribution is 0.197. The van der Waals surface area contributed by atoms with E-state index in [4.69, 9.17) is 4.74 Å². The summed E-state index contributed by atoms with van der Waals surface area (Å²) >= 11 is 0. The van der Waals surface area contributed by atoms with Gasteiger partial charge in [0, 0.05) is 19.5 Å². The number of fused-ring (bicyclic) bond motifs is 1. The lowest BCUT2D eigenvalue weighted by atomic mass is 9.78. The highest BCUT2D eigenvalue weighted by Gasteiger charge is 2.38. The number of ether oxygens (including phenoxy) is 1. The maximum atomic E-state index is 5.59. The van der Waals surface area contributed by atoms with E-state index in [9.17, 15) is 0 Å². The van der Waals surface area contributed by atoms with Gasteiger partial charge in [-0.2, -0.15) is 0 Å². The second-order valence-electron chi connectivity index (χ2n) is 7.07. The number of piperidine rings is 1. The standard InChI is InChI=1S/C18H26N2O/c1-2-17-16(4-12-21-17)13-15(1)3-10-20-11-7-18(14-20)5-8-19-9-6-18/h1-2,13,19H,3-12,14H2. The summed E-state index contributed by atoms with van der Waals surface area (Å²) in [4.78, 5) is 2.69. The predicted octanol–water partition coefficient (Wildman–Crippen LogP) is 2.24. The van der Waals surface area contributed by atoms with E-state index in [0.29, 0.717) is 5.41 Å². The van der Waals surface area contributed by atoms with E-state index in [-0.39, 0.29) is 0 Å². The molecule has 3 nitrogen and oxygen atoms in total.